The van der Waals surface area contributed by atoms with Crippen molar-refractivity contribution >= 4 is 12.4 Å². The number of hydrogen-bond acceptors (Lipinski definition) is 1. The van der Waals surface area contributed by atoms with Crippen molar-refractivity contribution in [2.24, 2.45) is 5.92 Å². The van der Waals surface area contributed by atoms with Crippen molar-refractivity contribution in [1.29, 1.82) is 0 Å². The SMILES string of the molecule is Cl.c1cc2c3c(c1)C[C@@H](CCn1ccnc1)C[C@@H]3CCC2. The minimum atomic E-state index is 0. The Hall–Kier alpha value is -1.28. The normalized spacial score (nSPS) is 23.2. The third-order valence-corrected chi connectivity index (χ3v) is 5.17. The molecule has 2 aliphatic carbocycles. The standard InChI is InChI=1S/C18H22N2.ClH/c1-3-15-4-2-6-17-12-14(11-16(5-1)18(15)17)7-9-20-10-8-19-13-20;/h1,3,5,8,10,13-14,17H,2,4,6-7,9,11-12H2;1H/t14-,17+;/m1./s1. The summed E-state index contributed by atoms with van der Waals surface area (Å²) < 4.78 is 2.22. The maximum Gasteiger partial charge on any atom is 0.0945 e. The number of hydrogen-bond donors (Lipinski definition) is 0. The summed E-state index contributed by atoms with van der Waals surface area (Å²) in [6.07, 6.45) is 14.0. The van der Waals surface area contributed by atoms with Crippen LogP contribution in [0.25, 0.3) is 0 Å². The lowest BCUT2D eigenvalue weighted by Crippen LogP contribution is -2.24. The van der Waals surface area contributed by atoms with Crippen LogP contribution < -0.4 is 0 Å². The van der Waals surface area contributed by atoms with Crippen molar-refractivity contribution < 1.29 is 0 Å². The van der Waals surface area contributed by atoms with Crippen LogP contribution in [0, 0.1) is 5.92 Å². The zero-order chi connectivity index (χ0) is 13.4. The van der Waals surface area contributed by atoms with Gasteiger partial charge in [-0.3, -0.25) is 0 Å². The van der Waals surface area contributed by atoms with Crippen LogP contribution in [0.15, 0.2) is 36.9 Å². The first kappa shape index (κ1) is 14.6. The van der Waals surface area contributed by atoms with E-state index in [4.69, 9.17) is 0 Å². The number of benzene rings is 1. The number of halogens is 1. The quantitative estimate of drug-likeness (QED) is 0.823. The second-order valence-electron chi connectivity index (χ2n) is 6.47. The molecule has 3 heteroatoms. The first-order valence-corrected chi connectivity index (χ1v) is 7.96. The van der Waals surface area contributed by atoms with E-state index in [0.717, 1.165) is 18.4 Å². The van der Waals surface area contributed by atoms with Gasteiger partial charge in [0.1, 0.15) is 0 Å². The third-order valence-electron chi connectivity index (χ3n) is 5.17. The second-order valence-corrected chi connectivity index (χ2v) is 6.47. The topological polar surface area (TPSA) is 17.8 Å². The second kappa shape index (κ2) is 6.23. The van der Waals surface area contributed by atoms with Gasteiger partial charge in [0.05, 0.1) is 6.33 Å². The van der Waals surface area contributed by atoms with Gasteiger partial charge in [0.15, 0.2) is 0 Å². The molecule has 0 unspecified atom stereocenters. The largest absolute Gasteiger partial charge is 0.337 e. The molecule has 0 spiro atoms. The van der Waals surface area contributed by atoms with E-state index in [1.165, 1.54) is 38.5 Å². The van der Waals surface area contributed by atoms with Crippen molar-refractivity contribution in [3.8, 4) is 0 Å². The molecule has 1 aromatic carbocycles. The molecule has 0 N–H and O–H groups in total. The van der Waals surface area contributed by atoms with Gasteiger partial charge in [0, 0.05) is 18.9 Å². The monoisotopic (exact) mass is 302 g/mol. The highest BCUT2D eigenvalue weighted by Crippen LogP contribution is 2.43. The van der Waals surface area contributed by atoms with Gasteiger partial charge in [-0.05, 0) is 67.1 Å². The molecule has 4 rings (SSSR count). The zero-order valence-electron chi connectivity index (χ0n) is 12.4. The summed E-state index contributed by atoms with van der Waals surface area (Å²) in [5, 5.41) is 0. The van der Waals surface area contributed by atoms with E-state index in [2.05, 4.69) is 33.9 Å². The lowest BCUT2D eigenvalue weighted by Gasteiger charge is -2.36. The van der Waals surface area contributed by atoms with E-state index in [0.29, 0.717) is 0 Å². The lowest BCUT2D eigenvalue weighted by atomic mass is 9.69. The van der Waals surface area contributed by atoms with Gasteiger partial charge in [0.25, 0.3) is 0 Å². The van der Waals surface area contributed by atoms with E-state index in [-0.39, 0.29) is 12.4 Å². The number of imidazole rings is 1. The molecule has 0 amide bonds. The molecule has 0 fully saturated rings. The molecule has 2 nitrogen and oxygen atoms in total. The summed E-state index contributed by atoms with van der Waals surface area (Å²) in [4.78, 5) is 4.14. The van der Waals surface area contributed by atoms with E-state index in [1.807, 2.05) is 12.5 Å². The number of nitrogens with zero attached hydrogens (tertiary/aromatic N) is 2. The van der Waals surface area contributed by atoms with E-state index >= 15 is 0 Å². The van der Waals surface area contributed by atoms with Crippen molar-refractivity contribution in [2.75, 3.05) is 0 Å². The summed E-state index contributed by atoms with van der Waals surface area (Å²) in [6, 6.07) is 7.01. The van der Waals surface area contributed by atoms with Crippen molar-refractivity contribution in [3.63, 3.8) is 0 Å². The smallest absolute Gasteiger partial charge is 0.0945 e. The molecule has 2 aliphatic rings. The zero-order valence-corrected chi connectivity index (χ0v) is 13.2. The average Bonchev–Trinajstić information content (AvgIpc) is 2.99. The van der Waals surface area contributed by atoms with Gasteiger partial charge in [-0.25, -0.2) is 4.98 Å². The van der Waals surface area contributed by atoms with Gasteiger partial charge >= 0.3 is 0 Å². The van der Waals surface area contributed by atoms with Crippen molar-refractivity contribution in [2.45, 2.75) is 51.0 Å². The molecule has 0 saturated heterocycles. The first-order chi connectivity index (χ1) is 9.90. The Balaban J connectivity index is 0.00000132. The van der Waals surface area contributed by atoms with Gasteiger partial charge in [-0.2, -0.15) is 0 Å². The highest BCUT2D eigenvalue weighted by atomic mass is 35.5. The molecule has 2 atom stereocenters. The fourth-order valence-corrected chi connectivity index (χ4v) is 4.27. The minimum absolute atomic E-state index is 0. The highest BCUT2D eigenvalue weighted by Gasteiger charge is 2.30. The molecule has 1 heterocycles. The molecule has 0 radical (unpaired) electrons. The average molecular weight is 303 g/mol. The fourth-order valence-electron chi connectivity index (χ4n) is 4.27. The van der Waals surface area contributed by atoms with Crippen LogP contribution in [0.3, 0.4) is 0 Å². The maximum atomic E-state index is 4.14. The molecule has 112 valence electrons. The van der Waals surface area contributed by atoms with Gasteiger partial charge < -0.3 is 4.57 Å². The van der Waals surface area contributed by atoms with Crippen LogP contribution in [-0.4, -0.2) is 9.55 Å². The van der Waals surface area contributed by atoms with Crippen LogP contribution in [-0.2, 0) is 19.4 Å². The Bertz CT molecular complexity index is 591. The number of aryl methyl sites for hydroxylation is 2. The summed E-state index contributed by atoms with van der Waals surface area (Å²) in [5.41, 5.74) is 5.03. The summed E-state index contributed by atoms with van der Waals surface area (Å²) >= 11 is 0. The molecule has 0 saturated carbocycles. The van der Waals surface area contributed by atoms with Crippen LogP contribution >= 0.6 is 12.4 Å². The fraction of sp³-hybridized carbons (Fsp3) is 0.500. The molecule has 21 heavy (non-hydrogen) atoms. The summed E-state index contributed by atoms with van der Waals surface area (Å²) in [7, 11) is 0. The van der Waals surface area contributed by atoms with Crippen molar-refractivity contribution in [1.82, 2.24) is 9.55 Å². The molecule has 0 aliphatic heterocycles. The van der Waals surface area contributed by atoms with Crippen LogP contribution in [0.4, 0.5) is 0 Å². The van der Waals surface area contributed by atoms with Crippen LogP contribution in [0.2, 0.25) is 0 Å². The highest BCUT2D eigenvalue weighted by molar-refractivity contribution is 5.85. The van der Waals surface area contributed by atoms with E-state index in [1.54, 1.807) is 16.7 Å². The van der Waals surface area contributed by atoms with Crippen LogP contribution in [0.5, 0.6) is 0 Å². The Kier molecular flexibility index (Phi) is 4.34. The Morgan fingerprint density at radius 2 is 2.14 bits per heavy atom. The van der Waals surface area contributed by atoms with Gasteiger partial charge in [0.2, 0.25) is 0 Å². The summed E-state index contributed by atoms with van der Waals surface area (Å²) in [6.45, 7) is 1.12. The summed E-state index contributed by atoms with van der Waals surface area (Å²) in [5.74, 6) is 1.69. The molecule has 0 bridgehead atoms. The maximum absolute atomic E-state index is 4.14. The van der Waals surface area contributed by atoms with E-state index in [9.17, 15) is 0 Å². The molecule has 1 aromatic heterocycles. The Morgan fingerprint density at radius 1 is 1.24 bits per heavy atom. The van der Waals surface area contributed by atoms with Gasteiger partial charge in [-0.15, -0.1) is 12.4 Å². The molecular weight excluding hydrogens is 280 g/mol. The van der Waals surface area contributed by atoms with Gasteiger partial charge in [-0.1, -0.05) is 18.2 Å². The minimum Gasteiger partial charge on any atom is -0.337 e. The number of aromatic nitrogens is 2. The van der Waals surface area contributed by atoms with Crippen LogP contribution in [0.1, 0.15) is 48.3 Å². The van der Waals surface area contributed by atoms with Crippen molar-refractivity contribution in [3.05, 3.63) is 53.6 Å². The Morgan fingerprint density at radius 3 is 3.00 bits per heavy atom. The molecule has 2 aromatic rings. The lowest BCUT2D eigenvalue weighted by molar-refractivity contribution is 0.338. The predicted octanol–water partition coefficient (Wildman–Crippen LogP) is 4.38. The predicted molar refractivity (Wildman–Crippen MR) is 88.0 cm³/mol. The third kappa shape index (κ3) is 2.87. The Labute approximate surface area is 133 Å². The van der Waals surface area contributed by atoms with E-state index < -0.39 is 0 Å². The molecular formula is C18H23ClN2. The number of rotatable bonds is 3. The first-order valence-electron chi connectivity index (χ1n) is 7.96.